The summed E-state index contributed by atoms with van der Waals surface area (Å²) in [6, 6.07) is 0. The van der Waals surface area contributed by atoms with E-state index in [1.165, 1.54) is 0 Å². The van der Waals surface area contributed by atoms with E-state index in [9.17, 15) is 4.79 Å². The van der Waals surface area contributed by atoms with Crippen LogP contribution in [0, 0.1) is 6.92 Å². The van der Waals surface area contributed by atoms with Crippen LogP contribution in [0.25, 0.3) is 0 Å². The van der Waals surface area contributed by atoms with E-state index in [2.05, 4.69) is 4.98 Å². The zero-order valence-electron chi connectivity index (χ0n) is 7.37. The molecule has 0 bridgehead atoms. The van der Waals surface area contributed by atoms with Gasteiger partial charge in [0.25, 0.3) is 0 Å². The highest BCUT2D eigenvalue weighted by atomic mass is 32.2. The molecule has 0 atom stereocenters. The van der Waals surface area contributed by atoms with Crippen LogP contribution >= 0.6 is 11.8 Å². The third-order valence-corrected chi connectivity index (χ3v) is 2.58. The highest BCUT2D eigenvalue weighted by Gasteiger charge is 2.13. The van der Waals surface area contributed by atoms with Gasteiger partial charge in [-0.2, -0.15) is 0 Å². The molecule has 0 aliphatic heterocycles. The first-order valence-corrected chi connectivity index (χ1v) is 4.78. The molecule has 0 aromatic carbocycles. The normalized spacial score (nSPS) is 9.92. The van der Waals surface area contributed by atoms with Gasteiger partial charge in [-0.25, -0.2) is 4.57 Å². The predicted octanol–water partition coefficient (Wildman–Crippen LogP) is 0.749. The quantitative estimate of drug-likeness (QED) is 0.293. The summed E-state index contributed by atoms with van der Waals surface area (Å²) in [6.45, 7) is 1.91. The molecule has 0 saturated carbocycles. The number of aldehydes is 1. The number of hydrogen-bond acceptors (Lipinski definition) is 3. The SMILES string of the molecule is CSc1ncc(C=O)c(C)[n+]1C. The molecule has 0 amide bonds. The van der Waals surface area contributed by atoms with E-state index in [1.807, 2.05) is 24.8 Å². The van der Waals surface area contributed by atoms with Crippen LogP contribution in [-0.2, 0) is 7.05 Å². The molecule has 1 rings (SSSR count). The first-order valence-electron chi connectivity index (χ1n) is 3.55. The Hall–Kier alpha value is -0.900. The van der Waals surface area contributed by atoms with Gasteiger partial charge in [0, 0.05) is 0 Å². The fourth-order valence-corrected chi connectivity index (χ4v) is 1.52. The molecule has 1 aromatic heterocycles. The molecule has 1 heterocycles. The summed E-state index contributed by atoms with van der Waals surface area (Å²) in [5, 5.41) is 0.915. The number of rotatable bonds is 2. The molecule has 0 radical (unpaired) electrons. The van der Waals surface area contributed by atoms with Crippen LogP contribution in [0.15, 0.2) is 11.4 Å². The standard InChI is InChI=1S/C8H11N2OS/c1-6-7(5-11)4-9-8(12-3)10(6)2/h4-5H,1-3H3/q+1. The van der Waals surface area contributed by atoms with Crippen LogP contribution in [0.3, 0.4) is 0 Å². The average Bonchev–Trinajstić information content (AvgIpc) is 2.10. The lowest BCUT2D eigenvalue weighted by molar-refractivity contribution is -0.719. The zero-order chi connectivity index (χ0) is 9.14. The van der Waals surface area contributed by atoms with E-state index >= 15 is 0 Å². The van der Waals surface area contributed by atoms with E-state index < -0.39 is 0 Å². The summed E-state index contributed by atoms with van der Waals surface area (Å²) in [5.74, 6) is 0. The Morgan fingerprint density at radius 3 is 2.83 bits per heavy atom. The maximum absolute atomic E-state index is 10.5. The summed E-state index contributed by atoms with van der Waals surface area (Å²) in [5.41, 5.74) is 1.60. The van der Waals surface area contributed by atoms with E-state index in [0.717, 1.165) is 17.1 Å². The molecule has 0 unspecified atom stereocenters. The highest BCUT2D eigenvalue weighted by Crippen LogP contribution is 2.06. The Labute approximate surface area is 75.8 Å². The lowest BCUT2D eigenvalue weighted by Crippen LogP contribution is -2.36. The van der Waals surface area contributed by atoms with Gasteiger partial charge in [-0.1, -0.05) is 0 Å². The van der Waals surface area contributed by atoms with Crippen molar-refractivity contribution in [1.29, 1.82) is 0 Å². The summed E-state index contributed by atoms with van der Waals surface area (Å²) in [6.07, 6.45) is 4.39. The van der Waals surface area contributed by atoms with E-state index in [-0.39, 0.29) is 0 Å². The Morgan fingerprint density at radius 1 is 1.67 bits per heavy atom. The molecule has 0 aliphatic carbocycles. The maximum atomic E-state index is 10.5. The molecule has 12 heavy (non-hydrogen) atoms. The minimum Gasteiger partial charge on any atom is -0.298 e. The molecular weight excluding hydrogens is 172 g/mol. The van der Waals surface area contributed by atoms with Gasteiger partial charge in [-0.05, 0) is 29.9 Å². The second-order valence-electron chi connectivity index (χ2n) is 2.46. The molecule has 64 valence electrons. The third-order valence-electron chi connectivity index (χ3n) is 1.83. The predicted molar refractivity (Wildman–Crippen MR) is 47.3 cm³/mol. The number of aromatic nitrogens is 2. The Morgan fingerprint density at radius 2 is 2.33 bits per heavy atom. The van der Waals surface area contributed by atoms with Crippen LogP contribution in [0.2, 0.25) is 0 Å². The van der Waals surface area contributed by atoms with Gasteiger partial charge in [0.1, 0.15) is 11.3 Å². The lowest BCUT2D eigenvalue weighted by atomic mass is 10.3. The third kappa shape index (κ3) is 1.48. The molecule has 3 nitrogen and oxygen atoms in total. The van der Waals surface area contributed by atoms with Crippen LogP contribution in [-0.4, -0.2) is 17.5 Å². The van der Waals surface area contributed by atoms with Crippen molar-refractivity contribution in [2.75, 3.05) is 6.26 Å². The number of carbonyl (C=O) groups is 1. The van der Waals surface area contributed by atoms with Crippen molar-refractivity contribution in [2.24, 2.45) is 7.05 Å². The smallest absolute Gasteiger partial charge is 0.298 e. The van der Waals surface area contributed by atoms with Gasteiger partial charge in [0.2, 0.25) is 0 Å². The molecule has 0 aliphatic rings. The summed E-state index contributed by atoms with van der Waals surface area (Å²) in [4.78, 5) is 14.6. The second-order valence-corrected chi connectivity index (χ2v) is 3.24. The second kappa shape index (κ2) is 3.67. The fraction of sp³-hybridized carbons (Fsp3) is 0.375. The molecule has 0 saturated heterocycles. The molecule has 0 N–H and O–H groups in total. The van der Waals surface area contributed by atoms with E-state index in [0.29, 0.717) is 5.56 Å². The van der Waals surface area contributed by atoms with Crippen molar-refractivity contribution in [3.05, 3.63) is 17.5 Å². The van der Waals surface area contributed by atoms with Crippen molar-refractivity contribution in [3.63, 3.8) is 0 Å². The number of carbonyl (C=O) groups excluding carboxylic acids is 1. The van der Waals surface area contributed by atoms with Crippen molar-refractivity contribution in [2.45, 2.75) is 12.1 Å². The van der Waals surface area contributed by atoms with Gasteiger partial charge in [-0.3, -0.25) is 4.79 Å². The first kappa shape index (κ1) is 9.19. The lowest BCUT2D eigenvalue weighted by Gasteiger charge is -1.99. The van der Waals surface area contributed by atoms with Gasteiger partial charge >= 0.3 is 5.16 Å². The molecule has 0 fully saturated rings. The Kier molecular flexibility index (Phi) is 2.81. The Bertz CT molecular complexity index is 312. The van der Waals surface area contributed by atoms with Crippen molar-refractivity contribution in [3.8, 4) is 0 Å². The van der Waals surface area contributed by atoms with Crippen molar-refractivity contribution in [1.82, 2.24) is 4.98 Å². The monoisotopic (exact) mass is 183 g/mol. The van der Waals surface area contributed by atoms with Crippen molar-refractivity contribution >= 4 is 18.0 Å². The molecule has 4 heteroatoms. The van der Waals surface area contributed by atoms with Gasteiger partial charge in [-0.15, -0.1) is 0 Å². The average molecular weight is 183 g/mol. The minimum absolute atomic E-state index is 0.648. The van der Waals surface area contributed by atoms with Crippen LogP contribution in [0.5, 0.6) is 0 Å². The molecular formula is C8H11N2OS+. The van der Waals surface area contributed by atoms with Crippen molar-refractivity contribution < 1.29 is 9.36 Å². The zero-order valence-corrected chi connectivity index (χ0v) is 8.18. The first-order chi connectivity index (χ1) is 5.70. The molecule has 0 spiro atoms. The number of nitrogens with zero attached hydrogens (tertiary/aromatic N) is 2. The van der Waals surface area contributed by atoms with Gasteiger partial charge < -0.3 is 0 Å². The largest absolute Gasteiger partial charge is 0.358 e. The van der Waals surface area contributed by atoms with Crippen LogP contribution < -0.4 is 4.57 Å². The maximum Gasteiger partial charge on any atom is 0.358 e. The summed E-state index contributed by atoms with van der Waals surface area (Å²) < 4.78 is 1.91. The topological polar surface area (TPSA) is 33.8 Å². The van der Waals surface area contributed by atoms with Gasteiger partial charge in [0.15, 0.2) is 12.5 Å². The summed E-state index contributed by atoms with van der Waals surface area (Å²) >= 11 is 1.56. The van der Waals surface area contributed by atoms with Crippen LogP contribution in [0.4, 0.5) is 0 Å². The van der Waals surface area contributed by atoms with Crippen LogP contribution in [0.1, 0.15) is 16.1 Å². The summed E-state index contributed by atoms with van der Waals surface area (Å²) in [7, 11) is 1.90. The minimum atomic E-state index is 0.648. The van der Waals surface area contributed by atoms with E-state index in [1.54, 1.807) is 18.0 Å². The Balaban J connectivity index is 3.29. The highest BCUT2D eigenvalue weighted by molar-refractivity contribution is 7.98. The molecule has 1 aromatic rings. The van der Waals surface area contributed by atoms with Gasteiger partial charge in [0.05, 0.1) is 7.05 Å². The number of hydrogen-bond donors (Lipinski definition) is 0. The fourth-order valence-electron chi connectivity index (χ4n) is 0.947. The van der Waals surface area contributed by atoms with E-state index in [4.69, 9.17) is 0 Å². The number of thioether (sulfide) groups is 1.